The molecule has 0 radical (unpaired) electrons. The van der Waals surface area contributed by atoms with E-state index in [1.54, 1.807) is 6.07 Å². The van der Waals surface area contributed by atoms with Gasteiger partial charge in [0.2, 0.25) is 0 Å². The summed E-state index contributed by atoms with van der Waals surface area (Å²) in [5.74, 6) is -0.667. The molecule has 0 saturated carbocycles. The van der Waals surface area contributed by atoms with Crippen molar-refractivity contribution in [1.82, 2.24) is 4.90 Å². The number of Topliss-reactive ketones (excluding diaryl/α,β-unsaturated/α-hetero) is 2. The SMILES string of the molecule is CC1(C)CC(=O)C2=C(C1)N(CCc1ccccc1)C1=C(C(=O)CC(C)(C)C1)C2c1cccc(F)c1. The van der Waals surface area contributed by atoms with Crippen LogP contribution in [-0.4, -0.2) is 23.0 Å². The number of rotatable bonds is 4. The smallest absolute Gasteiger partial charge is 0.162 e. The lowest BCUT2D eigenvalue weighted by Crippen LogP contribution is -2.45. The minimum atomic E-state index is -0.490. The van der Waals surface area contributed by atoms with Crippen LogP contribution in [0.5, 0.6) is 0 Å². The van der Waals surface area contributed by atoms with Crippen LogP contribution >= 0.6 is 0 Å². The molecule has 3 aliphatic rings. The molecule has 5 rings (SSSR count). The highest BCUT2D eigenvalue weighted by Gasteiger charge is 2.48. The number of hydrogen-bond acceptors (Lipinski definition) is 3. The van der Waals surface area contributed by atoms with Crippen LogP contribution in [-0.2, 0) is 16.0 Å². The molecule has 35 heavy (non-hydrogen) atoms. The highest BCUT2D eigenvalue weighted by Crippen LogP contribution is 2.54. The van der Waals surface area contributed by atoms with Crippen LogP contribution in [0.2, 0.25) is 0 Å². The molecule has 0 spiro atoms. The minimum absolute atomic E-state index is 0.0828. The molecule has 0 atom stereocenters. The quantitative estimate of drug-likeness (QED) is 0.495. The molecule has 1 heterocycles. The van der Waals surface area contributed by atoms with Crippen LogP contribution in [0.15, 0.2) is 77.1 Å². The Labute approximate surface area is 207 Å². The van der Waals surface area contributed by atoms with Crippen LogP contribution < -0.4 is 0 Å². The van der Waals surface area contributed by atoms with E-state index in [0.29, 0.717) is 36.1 Å². The highest BCUT2D eigenvalue weighted by atomic mass is 19.1. The second kappa shape index (κ2) is 8.58. The average molecular weight is 472 g/mol. The zero-order valence-corrected chi connectivity index (χ0v) is 21.2. The van der Waals surface area contributed by atoms with Gasteiger partial charge < -0.3 is 4.90 Å². The third-order valence-corrected chi connectivity index (χ3v) is 7.67. The van der Waals surface area contributed by atoms with Gasteiger partial charge in [-0.3, -0.25) is 9.59 Å². The summed E-state index contributed by atoms with van der Waals surface area (Å²) in [5, 5.41) is 0. The van der Waals surface area contributed by atoms with Gasteiger partial charge in [-0.15, -0.1) is 0 Å². The third kappa shape index (κ3) is 4.51. The summed E-state index contributed by atoms with van der Waals surface area (Å²) in [5.41, 5.74) is 5.06. The van der Waals surface area contributed by atoms with Gasteiger partial charge in [0.25, 0.3) is 0 Å². The van der Waals surface area contributed by atoms with Gasteiger partial charge >= 0.3 is 0 Å². The summed E-state index contributed by atoms with van der Waals surface area (Å²) in [4.78, 5) is 29.8. The van der Waals surface area contributed by atoms with E-state index in [4.69, 9.17) is 0 Å². The van der Waals surface area contributed by atoms with E-state index < -0.39 is 5.92 Å². The Kier molecular flexibility index (Phi) is 5.82. The van der Waals surface area contributed by atoms with Crippen LogP contribution in [0.25, 0.3) is 0 Å². The Morgan fingerprint density at radius 3 is 1.91 bits per heavy atom. The lowest BCUT2D eigenvalue weighted by Gasteiger charge is -2.49. The van der Waals surface area contributed by atoms with Gasteiger partial charge in [0.15, 0.2) is 11.6 Å². The van der Waals surface area contributed by atoms with E-state index >= 15 is 0 Å². The number of carbonyl (C=O) groups excluding carboxylic acids is 2. The summed E-state index contributed by atoms with van der Waals surface area (Å²) in [6.45, 7) is 9.27. The van der Waals surface area contributed by atoms with Gasteiger partial charge in [0.05, 0.1) is 0 Å². The molecule has 4 heteroatoms. The van der Waals surface area contributed by atoms with Crippen molar-refractivity contribution in [3.63, 3.8) is 0 Å². The van der Waals surface area contributed by atoms with Crippen LogP contribution in [0.4, 0.5) is 4.39 Å². The van der Waals surface area contributed by atoms with Gasteiger partial charge in [0.1, 0.15) is 5.82 Å². The molecule has 2 aromatic rings. The molecule has 2 aromatic carbocycles. The van der Waals surface area contributed by atoms with Gasteiger partial charge in [-0.2, -0.15) is 0 Å². The van der Waals surface area contributed by atoms with Crippen LogP contribution in [0.3, 0.4) is 0 Å². The summed E-state index contributed by atoms with van der Waals surface area (Å²) in [7, 11) is 0. The number of carbonyl (C=O) groups is 2. The van der Waals surface area contributed by atoms with E-state index in [-0.39, 0.29) is 28.2 Å². The molecule has 0 unspecified atom stereocenters. The predicted molar refractivity (Wildman–Crippen MR) is 136 cm³/mol. The van der Waals surface area contributed by atoms with Crippen molar-refractivity contribution in [3.05, 3.63) is 94.1 Å². The fourth-order valence-corrected chi connectivity index (χ4v) is 6.22. The molecule has 182 valence electrons. The maximum absolute atomic E-state index is 14.4. The zero-order valence-electron chi connectivity index (χ0n) is 21.2. The first-order chi connectivity index (χ1) is 16.5. The van der Waals surface area contributed by atoms with Crippen molar-refractivity contribution in [3.8, 4) is 0 Å². The van der Waals surface area contributed by atoms with Gasteiger partial charge in [-0.25, -0.2) is 4.39 Å². The number of allylic oxidation sites excluding steroid dienone is 4. The Balaban J connectivity index is 1.70. The average Bonchev–Trinajstić information content (AvgIpc) is 2.76. The van der Waals surface area contributed by atoms with Crippen LogP contribution in [0, 0.1) is 16.6 Å². The van der Waals surface area contributed by atoms with E-state index in [0.717, 1.165) is 30.7 Å². The van der Waals surface area contributed by atoms with Crippen molar-refractivity contribution < 1.29 is 14.0 Å². The van der Waals surface area contributed by atoms with E-state index in [1.807, 2.05) is 24.3 Å². The molecule has 0 amide bonds. The first kappa shape index (κ1) is 23.7. The van der Waals surface area contributed by atoms with Crippen molar-refractivity contribution in [2.24, 2.45) is 10.8 Å². The van der Waals surface area contributed by atoms with Gasteiger partial charge in [-0.1, -0.05) is 70.2 Å². The van der Waals surface area contributed by atoms with Crippen molar-refractivity contribution >= 4 is 11.6 Å². The fourth-order valence-electron chi connectivity index (χ4n) is 6.22. The lowest BCUT2D eigenvalue weighted by molar-refractivity contribution is -0.119. The number of nitrogens with zero attached hydrogens (tertiary/aromatic N) is 1. The third-order valence-electron chi connectivity index (χ3n) is 7.67. The topological polar surface area (TPSA) is 37.4 Å². The molecule has 1 aliphatic heterocycles. The van der Waals surface area contributed by atoms with Crippen LogP contribution in [0.1, 0.15) is 70.4 Å². The Hall–Kier alpha value is -3.01. The summed E-state index contributed by atoms with van der Waals surface area (Å²) in [6, 6.07) is 16.8. The maximum atomic E-state index is 14.4. The summed E-state index contributed by atoms with van der Waals surface area (Å²) >= 11 is 0. The number of halogens is 1. The molecule has 3 nitrogen and oxygen atoms in total. The number of ketones is 2. The second-order valence-corrected chi connectivity index (χ2v) is 12.0. The maximum Gasteiger partial charge on any atom is 0.162 e. The summed E-state index contributed by atoms with van der Waals surface area (Å²) < 4.78 is 14.4. The molecular formula is C31H34FNO2. The highest BCUT2D eigenvalue weighted by molar-refractivity contribution is 6.06. The molecule has 0 fully saturated rings. The molecule has 0 aromatic heterocycles. The minimum Gasteiger partial charge on any atom is -0.347 e. The van der Waals surface area contributed by atoms with Crippen molar-refractivity contribution in [2.45, 2.75) is 65.7 Å². The largest absolute Gasteiger partial charge is 0.347 e. The summed E-state index contributed by atoms with van der Waals surface area (Å²) in [6.07, 6.45) is 3.22. The predicted octanol–water partition coefficient (Wildman–Crippen LogP) is 6.75. The Bertz CT molecular complexity index is 1200. The van der Waals surface area contributed by atoms with E-state index in [9.17, 15) is 14.0 Å². The first-order valence-corrected chi connectivity index (χ1v) is 12.6. The fraction of sp³-hybridized carbons (Fsp3) is 0.419. The second-order valence-electron chi connectivity index (χ2n) is 12.0. The van der Waals surface area contributed by atoms with Crippen molar-refractivity contribution in [1.29, 1.82) is 0 Å². The zero-order chi connectivity index (χ0) is 25.0. The standard InChI is InChI=1S/C31H34FNO2/c1-30(2)16-23-28(25(34)18-30)27(21-11-8-12-22(32)15-21)29-24(17-31(3,4)19-26(29)35)33(23)14-13-20-9-6-5-7-10-20/h5-12,15,27H,13-14,16-19H2,1-4H3. The number of hydrogen-bond donors (Lipinski definition) is 0. The molecule has 0 saturated heterocycles. The molecular weight excluding hydrogens is 437 g/mol. The molecule has 0 bridgehead atoms. The van der Waals surface area contributed by atoms with Gasteiger partial charge in [-0.05, 0) is 53.4 Å². The Morgan fingerprint density at radius 2 is 1.37 bits per heavy atom. The monoisotopic (exact) mass is 471 g/mol. The normalized spacial score (nSPS) is 21.8. The number of benzene rings is 2. The first-order valence-electron chi connectivity index (χ1n) is 12.6. The van der Waals surface area contributed by atoms with E-state index in [2.05, 4.69) is 44.7 Å². The Morgan fingerprint density at radius 1 is 0.800 bits per heavy atom. The van der Waals surface area contributed by atoms with Gasteiger partial charge in [0, 0.05) is 47.8 Å². The van der Waals surface area contributed by atoms with E-state index in [1.165, 1.54) is 17.7 Å². The van der Waals surface area contributed by atoms with Crippen molar-refractivity contribution in [2.75, 3.05) is 6.54 Å². The lowest BCUT2D eigenvalue weighted by atomic mass is 9.63. The molecule has 2 aliphatic carbocycles. The molecule has 0 N–H and O–H groups in total.